The van der Waals surface area contributed by atoms with Gasteiger partial charge in [0.2, 0.25) is 18.6 Å². The average molecular weight is 532 g/mol. The molecule has 2 saturated heterocycles. The first kappa shape index (κ1) is 23.5. The third-order valence-electron chi connectivity index (χ3n) is 7.82. The Bertz CT molecular complexity index is 1600. The SMILES string of the molecule is O=C(c1ccc2c(c1)OCO2)[C@@H]1[C@@H]2C(=O)N(c3cccc(C(F)(F)F)c3)C(=O)[C@@H]2[C@@H]2c3ccccc3C=CN12. The van der Waals surface area contributed by atoms with Crippen LogP contribution in [0, 0.1) is 11.8 Å². The van der Waals surface area contributed by atoms with Crippen molar-refractivity contribution in [1.82, 2.24) is 4.90 Å². The van der Waals surface area contributed by atoms with Gasteiger partial charge in [-0.25, -0.2) is 4.90 Å². The van der Waals surface area contributed by atoms with Gasteiger partial charge in [-0.3, -0.25) is 14.4 Å². The van der Waals surface area contributed by atoms with E-state index in [1.807, 2.05) is 30.3 Å². The third-order valence-corrected chi connectivity index (χ3v) is 7.82. The molecule has 3 aromatic carbocycles. The maximum absolute atomic E-state index is 14.0. The predicted molar refractivity (Wildman–Crippen MR) is 132 cm³/mol. The number of halogens is 3. The highest BCUT2D eigenvalue weighted by Crippen LogP contribution is 2.54. The standard InChI is InChI=1S/C29H19F3N2O5/c30-29(31,32)17-5-3-6-18(13-17)34-27(36)22-23(28(34)37)25(26(35)16-8-9-20-21(12-16)39-14-38-20)33-11-10-15-4-1-2-7-19(15)24(22)33/h1-13,22-25H,14H2/t22-,23+,24-,25-/m0/s1. The number of nitrogens with zero attached hydrogens (tertiary/aromatic N) is 2. The number of amides is 2. The first-order chi connectivity index (χ1) is 18.7. The monoisotopic (exact) mass is 532 g/mol. The van der Waals surface area contributed by atoms with E-state index in [0.29, 0.717) is 11.5 Å². The summed E-state index contributed by atoms with van der Waals surface area (Å²) in [5.74, 6) is -2.93. The van der Waals surface area contributed by atoms with Gasteiger partial charge in [-0.1, -0.05) is 30.3 Å². The maximum atomic E-state index is 14.0. The summed E-state index contributed by atoms with van der Waals surface area (Å²) < 4.78 is 51.1. The zero-order chi connectivity index (χ0) is 27.1. The van der Waals surface area contributed by atoms with Gasteiger partial charge in [0.25, 0.3) is 0 Å². The van der Waals surface area contributed by atoms with Crippen LogP contribution in [-0.2, 0) is 15.8 Å². The van der Waals surface area contributed by atoms with Crippen molar-refractivity contribution < 1.29 is 37.0 Å². The summed E-state index contributed by atoms with van der Waals surface area (Å²) >= 11 is 0. The van der Waals surface area contributed by atoms with Gasteiger partial charge in [0.1, 0.15) is 6.04 Å². The van der Waals surface area contributed by atoms with Crippen LogP contribution < -0.4 is 14.4 Å². The highest BCUT2D eigenvalue weighted by atomic mass is 19.4. The molecule has 4 aliphatic rings. The van der Waals surface area contributed by atoms with Crippen LogP contribution in [0.5, 0.6) is 11.5 Å². The highest BCUT2D eigenvalue weighted by molar-refractivity contribution is 6.24. The number of carbonyl (C=O) groups excluding carboxylic acids is 3. The number of Topliss-reactive ketones (excluding diaryl/α,β-unsaturated/α-hetero) is 1. The number of imide groups is 1. The minimum Gasteiger partial charge on any atom is -0.454 e. The van der Waals surface area contributed by atoms with Crippen molar-refractivity contribution in [2.45, 2.75) is 18.3 Å². The van der Waals surface area contributed by atoms with Crippen molar-refractivity contribution in [2.24, 2.45) is 11.8 Å². The van der Waals surface area contributed by atoms with Gasteiger partial charge >= 0.3 is 6.18 Å². The molecule has 0 aromatic heterocycles. The summed E-state index contributed by atoms with van der Waals surface area (Å²) in [5, 5.41) is 0. The average Bonchev–Trinajstić information content (AvgIpc) is 3.60. The van der Waals surface area contributed by atoms with Crippen molar-refractivity contribution >= 4 is 29.4 Å². The molecule has 10 heteroatoms. The van der Waals surface area contributed by atoms with Crippen LogP contribution in [0.2, 0.25) is 0 Å². The zero-order valence-electron chi connectivity index (χ0n) is 20.1. The van der Waals surface area contributed by atoms with Crippen LogP contribution in [0.4, 0.5) is 18.9 Å². The molecule has 0 saturated carbocycles. The fourth-order valence-electron chi connectivity index (χ4n) is 6.15. The molecule has 0 radical (unpaired) electrons. The largest absolute Gasteiger partial charge is 0.454 e. The minimum absolute atomic E-state index is 0.0216. The minimum atomic E-state index is -4.65. The van der Waals surface area contributed by atoms with Crippen molar-refractivity contribution in [3.05, 3.63) is 95.2 Å². The maximum Gasteiger partial charge on any atom is 0.416 e. The van der Waals surface area contributed by atoms with Crippen LogP contribution in [-0.4, -0.2) is 35.3 Å². The van der Waals surface area contributed by atoms with Crippen LogP contribution >= 0.6 is 0 Å². The molecule has 3 aromatic rings. The molecular weight excluding hydrogens is 513 g/mol. The molecule has 39 heavy (non-hydrogen) atoms. The van der Waals surface area contributed by atoms with E-state index < -0.39 is 53.3 Å². The Labute approximate surface area is 220 Å². The number of benzene rings is 3. The second-order valence-electron chi connectivity index (χ2n) is 9.83. The third kappa shape index (κ3) is 3.40. The lowest BCUT2D eigenvalue weighted by Gasteiger charge is -2.35. The fourth-order valence-corrected chi connectivity index (χ4v) is 6.15. The van der Waals surface area contributed by atoms with E-state index >= 15 is 0 Å². The molecule has 0 unspecified atom stereocenters. The van der Waals surface area contributed by atoms with Gasteiger partial charge in [-0.15, -0.1) is 0 Å². The van der Waals surface area contributed by atoms with E-state index in [0.717, 1.165) is 34.2 Å². The number of hydrogen-bond donors (Lipinski definition) is 0. The zero-order valence-corrected chi connectivity index (χ0v) is 20.1. The molecule has 2 fully saturated rings. The fraction of sp³-hybridized carbons (Fsp3) is 0.207. The summed E-state index contributed by atoms with van der Waals surface area (Å²) in [7, 11) is 0. The number of alkyl halides is 3. The van der Waals surface area contributed by atoms with Crippen LogP contribution in [0.25, 0.3) is 6.08 Å². The molecule has 196 valence electrons. The van der Waals surface area contributed by atoms with Crippen LogP contribution in [0.1, 0.15) is 33.1 Å². The Morgan fingerprint density at radius 3 is 2.46 bits per heavy atom. The molecular formula is C29H19F3N2O5. The Hall–Kier alpha value is -4.60. The topological polar surface area (TPSA) is 76.1 Å². The van der Waals surface area contributed by atoms with Crippen molar-refractivity contribution in [3.8, 4) is 11.5 Å². The summed E-state index contributed by atoms with van der Waals surface area (Å²) in [6, 6.07) is 14.5. The molecule has 4 heterocycles. The van der Waals surface area contributed by atoms with E-state index in [4.69, 9.17) is 9.47 Å². The Morgan fingerprint density at radius 2 is 1.64 bits per heavy atom. The van der Waals surface area contributed by atoms with E-state index in [2.05, 4.69) is 0 Å². The molecule has 4 aliphatic heterocycles. The summed E-state index contributed by atoms with van der Waals surface area (Å²) in [6.45, 7) is 0.0216. The lowest BCUT2D eigenvalue weighted by molar-refractivity contribution is -0.137. The number of rotatable bonds is 3. The molecule has 0 spiro atoms. The smallest absolute Gasteiger partial charge is 0.416 e. The number of carbonyl (C=O) groups is 3. The van der Waals surface area contributed by atoms with E-state index in [-0.39, 0.29) is 18.0 Å². The van der Waals surface area contributed by atoms with Gasteiger partial charge < -0.3 is 14.4 Å². The van der Waals surface area contributed by atoms with Gasteiger partial charge in [0.05, 0.1) is 29.1 Å². The summed E-state index contributed by atoms with van der Waals surface area (Å²) in [5.41, 5.74) is 0.732. The summed E-state index contributed by atoms with van der Waals surface area (Å²) in [4.78, 5) is 44.4. The lowest BCUT2D eigenvalue weighted by Crippen LogP contribution is -2.44. The number of anilines is 1. The van der Waals surface area contributed by atoms with Gasteiger partial charge in [0, 0.05) is 11.8 Å². The second-order valence-corrected chi connectivity index (χ2v) is 9.83. The van der Waals surface area contributed by atoms with Crippen LogP contribution in [0.15, 0.2) is 72.9 Å². The molecule has 0 N–H and O–H groups in total. The van der Waals surface area contributed by atoms with Gasteiger partial charge in [0.15, 0.2) is 17.3 Å². The van der Waals surface area contributed by atoms with Gasteiger partial charge in [-0.2, -0.15) is 13.2 Å². The predicted octanol–water partition coefficient (Wildman–Crippen LogP) is 4.83. The molecule has 0 aliphatic carbocycles. The lowest BCUT2D eigenvalue weighted by atomic mass is 9.83. The Morgan fingerprint density at radius 1 is 0.872 bits per heavy atom. The second kappa shape index (κ2) is 8.20. The number of ketones is 1. The molecule has 4 atom stereocenters. The first-order valence-corrected chi connectivity index (χ1v) is 12.3. The first-order valence-electron chi connectivity index (χ1n) is 12.3. The van der Waals surface area contributed by atoms with Gasteiger partial charge in [-0.05, 0) is 53.6 Å². The van der Waals surface area contributed by atoms with Crippen molar-refractivity contribution in [3.63, 3.8) is 0 Å². The van der Waals surface area contributed by atoms with E-state index in [1.54, 1.807) is 29.3 Å². The number of fused-ring (bicyclic) bond motifs is 6. The molecule has 7 rings (SSSR count). The molecule has 2 amide bonds. The molecule has 7 nitrogen and oxygen atoms in total. The highest BCUT2D eigenvalue weighted by Gasteiger charge is 2.64. The van der Waals surface area contributed by atoms with E-state index in [9.17, 15) is 27.6 Å². The van der Waals surface area contributed by atoms with E-state index in [1.165, 1.54) is 6.07 Å². The van der Waals surface area contributed by atoms with Crippen molar-refractivity contribution in [1.29, 1.82) is 0 Å². The number of ether oxygens (including phenoxy) is 2. The summed E-state index contributed by atoms with van der Waals surface area (Å²) in [6.07, 6.45) is -1.11. The van der Waals surface area contributed by atoms with Crippen LogP contribution in [0.3, 0.4) is 0 Å². The quantitative estimate of drug-likeness (QED) is 0.355. The van der Waals surface area contributed by atoms with Crippen molar-refractivity contribution in [2.75, 3.05) is 11.7 Å². The number of hydrogen-bond acceptors (Lipinski definition) is 6. The molecule has 0 bridgehead atoms. The Balaban J connectivity index is 1.35. The normalized spacial score (nSPS) is 24.6. The Kier molecular flexibility index (Phi) is 4.94.